The SMILES string of the molecule is CC1(C)CN(Cc2ccnn2-c2ccc(F)cc2)CCC1N. The van der Waals surface area contributed by atoms with Crippen LogP contribution in [0.2, 0.25) is 0 Å². The average molecular weight is 302 g/mol. The predicted molar refractivity (Wildman–Crippen MR) is 85.2 cm³/mol. The predicted octanol–water partition coefficient (Wildman–Crippen LogP) is 2.57. The number of hydrogen-bond acceptors (Lipinski definition) is 3. The van der Waals surface area contributed by atoms with Crippen molar-refractivity contribution in [3.63, 3.8) is 0 Å². The van der Waals surface area contributed by atoms with Crippen LogP contribution in [-0.2, 0) is 6.54 Å². The maximum Gasteiger partial charge on any atom is 0.123 e. The molecule has 0 aliphatic carbocycles. The summed E-state index contributed by atoms with van der Waals surface area (Å²) in [5.41, 5.74) is 8.32. The van der Waals surface area contributed by atoms with Gasteiger partial charge in [-0.2, -0.15) is 5.10 Å². The van der Waals surface area contributed by atoms with Crippen LogP contribution in [0.3, 0.4) is 0 Å². The van der Waals surface area contributed by atoms with Crippen LogP contribution in [0.1, 0.15) is 26.0 Å². The third-order valence-corrected chi connectivity index (χ3v) is 4.57. The molecule has 2 heterocycles. The number of halogens is 1. The summed E-state index contributed by atoms with van der Waals surface area (Å²) in [6.07, 6.45) is 2.80. The molecule has 0 bridgehead atoms. The Bertz CT molecular complexity index is 632. The first-order valence-corrected chi connectivity index (χ1v) is 7.72. The van der Waals surface area contributed by atoms with Gasteiger partial charge in [-0.3, -0.25) is 4.90 Å². The van der Waals surface area contributed by atoms with E-state index in [-0.39, 0.29) is 17.3 Å². The minimum atomic E-state index is -0.232. The highest BCUT2D eigenvalue weighted by Crippen LogP contribution is 2.28. The molecule has 1 aromatic carbocycles. The zero-order chi connectivity index (χ0) is 15.7. The van der Waals surface area contributed by atoms with Gasteiger partial charge in [-0.25, -0.2) is 9.07 Å². The van der Waals surface area contributed by atoms with Crippen molar-refractivity contribution in [2.24, 2.45) is 11.1 Å². The third kappa shape index (κ3) is 3.05. The molecule has 0 radical (unpaired) electrons. The lowest BCUT2D eigenvalue weighted by atomic mass is 9.80. The summed E-state index contributed by atoms with van der Waals surface area (Å²) >= 11 is 0. The standard InChI is InChI=1S/C17H23FN4/c1-17(2)12-21(10-8-16(17)19)11-15-7-9-20-22(15)14-5-3-13(18)4-6-14/h3-7,9,16H,8,10-12,19H2,1-2H3. The van der Waals surface area contributed by atoms with Crippen molar-refractivity contribution in [1.29, 1.82) is 0 Å². The lowest BCUT2D eigenvalue weighted by molar-refractivity contribution is 0.0883. The van der Waals surface area contributed by atoms with Crippen LogP contribution in [0.5, 0.6) is 0 Å². The molecule has 118 valence electrons. The molecule has 0 spiro atoms. The Labute approximate surface area is 130 Å². The number of aromatic nitrogens is 2. The number of rotatable bonds is 3. The molecule has 0 saturated carbocycles. The van der Waals surface area contributed by atoms with Crippen LogP contribution >= 0.6 is 0 Å². The summed E-state index contributed by atoms with van der Waals surface area (Å²) in [4.78, 5) is 2.42. The molecular formula is C17H23FN4. The Morgan fingerprint density at radius 1 is 1.27 bits per heavy atom. The molecule has 1 fully saturated rings. The maximum atomic E-state index is 13.1. The third-order valence-electron chi connectivity index (χ3n) is 4.57. The normalized spacial score (nSPS) is 21.9. The minimum absolute atomic E-state index is 0.124. The van der Waals surface area contributed by atoms with Gasteiger partial charge in [0.05, 0.1) is 11.4 Å². The number of hydrogen-bond donors (Lipinski definition) is 1. The van der Waals surface area contributed by atoms with Gasteiger partial charge in [-0.15, -0.1) is 0 Å². The number of benzene rings is 1. The Morgan fingerprint density at radius 2 is 2.00 bits per heavy atom. The Balaban J connectivity index is 1.77. The first-order valence-electron chi connectivity index (χ1n) is 7.72. The summed E-state index contributed by atoms with van der Waals surface area (Å²) < 4.78 is 14.9. The maximum absolute atomic E-state index is 13.1. The van der Waals surface area contributed by atoms with Crippen molar-refractivity contribution >= 4 is 0 Å². The fraction of sp³-hybridized carbons (Fsp3) is 0.471. The van der Waals surface area contributed by atoms with E-state index in [1.165, 1.54) is 12.1 Å². The molecule has 3 rings (SSSR count). The first kappa shape index (κ1) is 15.2. The van der Waals surface area contributed by atoms with Crippen LogP contribution in [0.25, 0.3) is 5.69 Å². The molecule has 2 N–H and O–H groups in total. The molecule has 0 amide bonds. The van der Waals surface area contributed by atoms with Gasteiger partial charge in [-0.05, 0) is 42.2 Å². The van der Waals surface area contributed by atoms with Gasteiger partial charge in [0.25, 0.3) is 0 Å². The molecule has 1 atom stereocenters. The topological polar surface area (TPSA) is 47.1 Å². The minimum Gasteiger partial charge on any atom is -0.327 e. The summed E-state index contributed by atoms with van der Waals surface area (Å²) in [6, 6.07) is 8.70. The van der Waals surface area contributed by atoms with E-state index in [1.807, 2.05) is 10.7 Å². The van der Waals surface area contributed by atoms with Crippen LogP contribution < -0.4 is 5.73 Å². The smallest absolute Gasteiger partial charge is 0.123 e. The number of piperidine rings is 1. The summed E-state index contributed by atoms with van der Waals surface area (Å²) in [5, 5.41) is 4.38. The highest BCUT2D eigenvalue weighted by Gasteiger charge is 2.33. The fourth-order valence-electron chi connectivity index (χ4n) is 3.11. The van der Waals surface area contributed by atoms with E-state index in [0.29, 0.717) is 0 Å². The molecule has 2 aromatic rings. The molecule has 1 unspecified atom stereocenters. The lowest BCUT2D eigenvalue weighted by Crippen LogP contribution is -2.52. The van der Waals surface area contributed by atoms with Gasteiger partial charge >= 0.3 is 0 Å². The zero-order valence-electron chi connectivity index (χ0n) is 13.2. The first-order chi connectivity index (χ1) is 10.5. The van der Waals surface area contributed by atoms with Gasteiger partial charge in [0, 0.05) is 31.9 Å². The number of nitrogens with two attached hydrogens (primary N) is 1. The van der Waals surface area contributed by atoms with Crippen molar-refractivity contribution in [2.75, 3.05) is 13.1 Å². The van der Waals surface area contributed by atoms with E-state index in [1.54, 1.807) is 18.3 Å². The van der Waals surface area contributed by atoms with Crippen LogP contribution in [0, 0.1) is 11.2 Å². The van der Waals surface area contributed by atoms with Crippen molar-refractivity contribution in [3.05, 3.63) is 48.0 Å². The second-order valence-electron chi connectivity index (χ2n) is 6.81. The van der Waals surface area contributed by atoms with E-state index in [4.69, 9.17) is 5.73 Å². The summed E-state index contributed by atoms with van der Waals surface area (Å²) in [6.45, 7) is 7.25. The van der Waals surface area contributed by atoms with E-state index >= 15 is 0 Å². The molecule has 1 aromatic heterocycles. The highest BCUT2D eigenvalue weighted by atomic mass is 19.1. The Hall–Kier alpha value is -1.72. The Morgan fingerprint density at radius 3 is 2.68 bits per heavy atom. The van der Waals surface area contributed by atoms with E-state index in [2.05, 4.69) is 23.8 Å². The largest absolute Gasteiger partial charge is 0.327 e. The lowest BCUT2D eigenvalue weighted by Gasteiger charge is -2.42. The molecule has 1 saturated heterocycles. The van der Waals surface area contributed by atoms with Gasteiger partial charge in [0.15, 0.2) is 0 Å². The van der Waals surface area contributed by atoms with Crippen molar-refractivity contribution in [2.45, 2.75) is 32.9 Å². The number of nitrogens with zero attached hydrogens (tertiary/aromatic N) is 3. The number of likely N-dealkylation sites (tertiary alicyclic amines) is 1. The zero-order valence-corrected chi connectivity index (χ0v) is 13.2. The van der Waals surface area contributed by atoms with Crippen molar-refractivity contribution in [1.82, 2.24) is 14.7 Å². The van der Waals surface area contributed by atoms with Crippen LogP contribution in [0.15, 0.2) is 36.5 Å². The van der Waals surface area contributed by atoms with E-state index in [9.17, 15) is 4.39 Å². The van der Waals surface area contributed by atoms with E-state index < -0.39 is 0 Å². The molecule has 22 heavy (non-hydrogen) atoms. The van der Waals surface area contributed by atoms with Gasteiger partial charge in [-0.1, -0.05) is 13.8 Å². The fourth-order valence-corrected chi connectivity index (χ4v) is 3.11. The van der Waals surface area contributed by atoms with Crippen LogP contribution in [0.4, 0.5) is 4.39 Å². The summed E-state index contributed by atoms with van der Waals surface area (Å²) in [7, 11) is 0. The molecule has 5 heteroatoms. The molecule has 1 aliphatic rings. The second-order valence-corrected chi connectivity index (χ2v) is 6.81. The molecular weight excluding hydrogens is 279 g/mol. The van der Waals surface area contributed by atoms with Crippen LogP contribution in [-0.4, -0.2) is 33.8 Å². The van der Waals surface area contributed by atoms with Gasteiger partial charge in [0.1, 0.15) is 5.82 Å². The second kappa shape index (κ2) is 5.82. The molecule has 4 nitrogen and oxygen atoms in total. The molecule has 1 aliphatic heterocycles. The summed E-state index contributed by atoms with van der Waals surface area (Å²) in [5.74, 6) is -0.232. The monoisotopic (exact) mass is 302 g/mol. The van der Waals surface area contributed by atoms with Gasteiger partial charge < -0.3 is 5.73 Å². The van der Waals surface area contributed by atoms with E-state index in [0.717, 1.165) is 37.4 Å². The van der Waals surface area contributed by atoms with Gasteiger partial charge in [0.2, 0.25) is 0 Å². The average Bonchev–Trinajstić information content (AvgIpc) is 2.92. The van der Waals surface area contributed by atoms with Crippen molar-refractivity contribution in [3.8, 4) is 5.69 Å². The van der Waals surface area contributed by atoms with Crippen molar-refractivity contribution < 1.29 is 4.39 Å². The quantitative estimate of drug-likeness (QED) is 0.948. The Kier molecular flexibility index (Phi) is 4.02. The highest BCUT2D eigenvalue weighted by molar-refractivity contribution is 5.32.